The maximum absolute atomic E-state index is 12.2. The van der Waals surface area contributed by atoms with Crippen LogP contribution in [0.2, 0.25) is 0 Å². The number of aromatic hydroxyl groups is 1. The van der Waals surface area contributed by atoms with Crippen LogP contribution < -0.4 is 10.6 Å². The van der Waals surface area contributed by atoms with Gasteiger partial charge in [-0.2, -0.15) is 0 Å². The van der Waals surface area contributed by atoms with Crippen molar-refractivity contribution in [2.24, 2.45) is 5.73 Å². The van der Waals surface area contributed by atoms with Gasteiger partial charge in [0.05, 0.1) is 0 Å². The Morgan fingerprint density at radius 1 is 1.14 bits per heavy atom. The highest BCUT2D eigenvalue weighted by atomic mass is 16.3. The molecule has 0 aliphatic carbocycles. The fourth-order valence-electron chi connectivity index (χ4n) is 2.13. The number of phenols is 1. The van der Waals surface area contributed by atoms with Crippen molar-refractivity contribution in [3.05, 3.63) is 60.2 Å². The van der Waals surface area contributed by atoms with Gasteiger partial charge in [0.15, 0.2) is 0 Å². The van der Waals surface area contributed by atoms with Crippen molar-refractivity contribution < 1.29 is 9.90 Å². The molecule has 0 aliphatic rings. The van der Waals surface area contributed by atoms with E-state index in [4.69, 9.17) is 5.73 Å². The molecule has 0 aromatic heterocycles. The third kappa shape index (κ3) is 4.07. The van der Waals surface area contributed by atoms with Crippen molar-refractivity contribution in [3.63, 3.8) is 0 Å². The van der Waals surface area contributed by atoms with Gasteiger partial charge in [-0.15, -0.1) is 0 Å². The number of carbonyl (C=O) groups is 1. The highest BCUT2D eigenvalue weighted by molar-refractivity contribution is 5.92. The quantitative estimate of drug-likeness (QED) is 0.887. The van der Waals surface area contributed by atoms with E-state index < -0.39 is 0 Å². The zero-order chi connectivity index (χ0) is 15.2. The number of benzene rings is 2. The molecule has 21 heavy (non-hydrogen) atoms. The van der Waals surface area contributed by atoms with Crippen LogP contribution in [0.4, 0.5) is 5.69 Å². The average molecular weight is 284 g/mol. The Kier molecular flexibility index (Phi) is 4.95. The lowest BCUT2D eigenvalue weighted by Gasteiger charge is -2.19. The van der Waals surface area contributed by atoms with Crippen molar-refractivity contribution in [1.82, 2.24) is 0 Å². The van der Waals surface area contributed by atoms with Gasteiger partial charge in [0.1, 0.15) is 5.75 Å². The molecule has 0 bridgehead atoms. The van der Waals surface area contributed by atoms with Crippen molar-refractivity contribution in [2.75, 3.05) is 11.9 Å². The van der Waals surface area contributed by atoms with Crippen LogP contribution in [0.3, 0.4) is 0 Å². The lowest BCUT2D eigenvalue weighted by Crippen LogP contribution is -2.27. The van der Waals surface area contributed by atoms with E-state index in [-0.39, 0.29) is 17.7 Å². The summed E-state index contributed by atoms with van der Waals surface area (Å²) >= 11 is 0. The van der Waals surface area contributed by atoms with Crippen LogP contribution in [0.5, 0.6) is 5.75 Å². The van der Waals surface area contributed by atoms with Gasteiger partial charge in [0.2, 0.25) is 5.91 Å². The summed E-state index contributed by atoms with van der Waals surface area (Å²) in [6.07, 6.45) is 0.985. The zero-order valence-electron chi connectivity index (χ0n) is 12.1. The summed E-state index contributed by atoms with van der Waals surface area (Å²) in [6, 6.07) is 16.2. The Hall–Kier alpha value is -2.33. The first-order valence-corrected chi connectivity index (χ1v) is 6.94. The molecular formula is C17H20N2O2. The number of hydrogen-bond donors (Lipinski definition) is 2. The maximum Gasteiger partial charge on any atom is 0.226 e. The molecule has 0 fully saturated rings. The summed E-state index contributed by atoms with van der Waals surface area (Å²) in [4.78, 5) is 13.8. The smallest absolute Gasteiger partial charge is 0.226 e. The van der Waals surface area contributed by atoms with Crippen molar-refractivity contribution in [3.8, 4) is 5.75 Å². The second kappa shape index (κ2) is 6.90. The summed E-state index contributed by atoms with van der Waals surface area (Å²) in [5, 5.41) is 9.26. The minimum absolute atomic E-state index is 0.00655. The molecule has 2 aromatic rings. The Morgan fingerprint density at radius 3 is 2.38 bits per heavy atom. The van der Waals surface area contributed by atoms with Gasteiger partial charge in [0.25, 0.3) is 0 Å². The van der Waals surface area contributed by atoms with E-state index in [1.807, 2.05) is 30.3 Å². The molecule has 0 saturated heterocycles. The number of nitrogens with two attached hydrogens (primary N) is 1. The highest BCUT2D eigenvalue weighted by Gasteiger charge is 2.13. The molecule has 0 saturated carbocycles. The number of hydrogen-bond acceptors (Lipinski definition) is 3. The third-order valence-corrected chi connectivity index (χ3v) is 3.51. The molecule has 1 atom stereocenters. The lowest BCUT2D eigenvalue weighted by atomic mass is 10.0. The number of rotatable bonds is 5. The summed E-state index contributed by atoms with van der Waals surface area (Å²) in [5.41, 5.74) is 7.89. The first-order chi connectivity index (χ1) is 10.1. The van der Waals surface area contributed by atoms with E-state index in [1.165, 1.54) is 0 Å². The van der Waals surface area contributed by atoms with Crippen LogP contribution in [-0.2, 0) is 4.79 Å². The Morgan fingerprint density at radius 2 is 1.76 bits per heavy atom. The number of nitrogens with zero attached hydrogens (tertiary/aromatic N) is 1. The Balaban J connectivity index is 1.91. The fourth-order valence-corrected chi connectivity index (χ4v) is 2.13. The van der Waals surface area contributed by atoms with E-state index in [0.717, 1.165) is 11.3 Å². The van der Waals surface area contributed by atoms with Crippen LogP contribution >= 0.6 is 0 Å². The molecule has 0 heterocycles. The number of anilines is 1. The molecule has 2 rings (SSSR count). The van der Waals surface area contributed by atoms with Crippen LogP contribution in [0, 0.1) is 0 Å². The van der Waals surface area contributed by atoms with Crippen LogP contribution in [0.15, 0.2) is 54.6 Å². The molecule has 0 aliphatic heterocycles. The molecule has 4 nitrogen and oxygen atoms in total. The fraction of sp³-hybridized carbons (Fsp3) is 0.235. The first-order valence-electron chi connectivity index (χ1n) is 6.94. The maximum atomic E-state index is 12.2. The number of phenolic OH excluding ortho intramolecular Hbond substituents is 1. The summed E-state index contributed by atoms with van der Waals surface area (Å²) in [7, 11) is 1.72. The molecule has 3 N–H and O–H groups in total. The molecule has 0 radical (unpaired) electrons. The normalized spacial score (nSPS) is 11.9. The minimum atomic E-state index is -0.136. The number of carbonyl (C=O) groups excluding carboxylic acids is 1. The van der Waals surface area contributed by atoms with Gasteiger partial charge in [-0.05, 0) is 36.2 Å². The van der Waals surface area contributed by atoms with Crippen molar-refractivity contribution in [1.29, 1.82) is 0 Å². The monoisotopic (exact) mass is 284 g/mol. The molecule has 4 heteroatoms. The topological polar surface area (TPSA) is 66.6 Å². The largest absolute Gasteiger partial charge is 0.508 e. The van der Waals surface area contributed by atoms with E-state index in [1.54, 1.807) is 36.2 Å². The Labute approximate surface area is 124 Å². The van der Waals surface area contributed by atoms with Gasteiger partial charge < -0.3 is 15.7 Å². The third-order valence-electron chi connectivity index (χ3n) is 3.51. The second-order valence-corrected chi connectivity index (χ2v) is 5.03. The first kappa shape index (κ1) is 15.1. The number of amides is 1. The average Bonchev–Trinajstić information content (AvgIpc) is 2.53. The summed E-state index contributed by atoms with van der Waals surface area (Å²) < 4.78 is 0. The van der Waals surface area contributed by atoms with Crippen LogP contribution in [-0.4, -0.2) is 18.1 Å². The molecule has 1 unspecified atom stereocenters. The minimum Gasteiger partial charge on any atom is -0.508 e. The molecule has 0 spiro atoms. The van der Waals surface area contributed by atoms with Crippen LogP contribution in [0.25, 0.3) is 0 Å². The summed E-state index contributed by atoms with van der Waals surface area (Å²) in [5.74, 6) is 0.192. The van der Waals surface area contributed by atoms with Gasteiger partial charge in [0, 0.05) is 25.2 Å². The van der Waals surface area contributed by atoms with E-state index in [9.17, 15) is 9.90 Å². The highest BCUT2D eigenvalue weighted by Crippen LogP contribution is 2.20. The van der Waals surface area contributed by atoms with E-state index >= 15 is 0 Å². The van der Waals surface area contributed by atoms with Gasteiger partial charge in [-0.25, -0.2) is 0 Å². The predicted octanol–water partition coefficient (Wildman–Crippen LogP) is 2.84. The van der Waals surface area contributed by atoms with E-state index in [0.29, 0.717) is 12.8 Å². The zero-order valence-corrected chi connectivity index (χ0v) is 12.1. The molecular weight excluding hydrogens is 264 g/mol. The van der Waals surface area contributed by atoms with Gasteiger partial charge in [-0.3, -0.25) is 4.79 Å². The van der Waals surface area contributed by atoms with Crippen LogP contribution in [0.1, 0.15) is 24.4 Å². The lowest BCUT2D eigenvalue weighted by molar-refractivity contribution is -0.118. The van der Waals surface area contributed by atoms with Gasteiger partial charge in [-0.1, -0.05) is 30.3 Å². The van der Waals surface area contributed by atoms with Crippen molar-refractivity contribution >= 4 is 11.6 Å². The Bertz CT molecular complexity index is 581. The SMILES string of the molecule is CN(C(=O)CCC(N)c1ccccc1)c1ccc(O)cc1. The molecule has 2 aromatic carbocycles. The summed E-state index contributed by atoms with van der Waals surface area (Å²) in [6.45, 7) is 0. The molecule has 110 valence electrons. The molecule has 1 amide bonds. The predicted molar refractivity (Wildman–Crippen MR) is 84.1 cm³/mol. The van der Waals surface area contributed by atoms with E-state index in [2.05, 4.69) is 0 Å². The standard InChI is InChI=1S/C17H20N2O2/c1-19(14-7-9-15(20)10-8-14)17(21)12-11-16(18)13-5-3-2-4-6-13/h2-10,16,20H,11-12,18H2,1H3. The van der Waals surface area contributed by atoms with Crippen molar-refractivity contribution in [2.45, 2.75) is 18.9 Å². The second-order valence-electron chi connectivity index (χ2n) is 5.03. The van der Waals surface area contributed by atoms with Gasteiger partial charge >= 0.3 is 0 Å².